The largest absolute Gasteiger partial charge is 0.496 e. The molecule has 0 aromatic heterocycles. The maximum Gasteiger partial charge on any atom is 0.236 e. The first-order chi connectivity index (χ1) is 8.43. The maximum absolute atomic E-state index is 11.6. The molecule has 0 spiro atoms. The van der Waals surface area contributed by atoms with E-state index in [4.69, 9.17) is 10.5 Å². The molecule has 18 heavy (non-hydrogen) atoms. The van der Waals surface area contributed by atoms with Crippen molar-refractivity contribution in [2.24, 2.45) is 0 Å². The molecule has 0 saturated heterocycles. The summed E-state index contributed by atoms with van der Waals surface area (Å²) in [5, 5.41) is 0. The van der Waals surface area contributed by atoms with Crippen LogP contribution in [0.1, 0.15) is 5.56 Å². The lowest BCUT2D eigenvalue weighted by atomic mass is 10.1. The highest BCUT2D eigenvalue weighted by Crippen LogP contribution is 2.22. The van der Waals surface area contributed by atoms with Gasteiger partial charge < -0.3 is 15.4 Å². The Morgan fingerprint density at radius 1 is 1.33 bits per heavy atom. The van der Waals surface area contributed by atoms with E-state index < -0.39 is 0 Å². The third kappa shape index (κ3) is 3.92. The van der Waals surface area contributed by atoms with Gasteiger partial charge in [0.1, 0.15) is 5.75 Å². The van der Waals surface area contributed by atoms with Gasteiger partial charge in [-0.3, -0.25) is 9.69 Å². The van der Waals surface area contributed by atoms with Gasteiger partial charge in [-0.1, -0.05) is 6.07 Å². The number of hydrogen-bond acceptors (Lipinski definition) is 4. The SMILES string of the molecule is COc1cc(N)ccc1CN(C)CC(=O)N(C)C. The molecule has 1 aromatic rings. The summed E-state index contributed by atoms with van der Waals surface area (Å²) in [5.41, 5.74) is 7.38. The Morgan fingerprint density at radius 3 is 2.56 bits per heavy atom. The molecular formula is C13H21N3O2. The highest BCUT2D eigenvalue weighted by Gasteiger charge is 2.11. The van der Waals surface area contributed by atoms with Gasteiger partial charge in [-0.25, -0.2) is 0 Å². The molecule has 0 heterocycles. The first kappa shape index (κ1) is 14.3. The Kier molecular flexibility index (Phi) is 4.97. The van der Waals surface area contributed by atoms with E-state index in [1.165, 1.54) is 0 Å². The third-order valence-corrected chi connectivity index (χ3v) is 2.66. The summed E-state index contributed by atoms with van der Waals surface area (Å²) < 4.78 is 5.28. The van der Waals surface area contributed by atoms with Crippen LogP contribution in [-0.4, -0.2) is 50.5 Å². The van der Waals surface area contributed by atoms with Gasteiger partial charge in [0.05, 0.1) is 13.7 Å². The molecule has 0 aliphatic rings. The van der Waals surface area contributed by atoms with E-state index in [0.29, 0.717) is 18.8 Å². The van der Waals surface area contributed by atoms with Crippen molar-refractivity contribution in [3.63, 3.8) is 0 Å². The van der Waals surface area contributed by atoms with Gasteiger partial charge in [-0.05, 0) is 13.1 Å². The standard InChI is InChI=1S/C13H21N3O2/c1-15(2)13(17)9-16(3)8-10-5-6-11(14)7-12(10)18-4/h5-7H,8-9,14H2,1-4H3. The van der Waals surface area contributed by atoms with Gasteiger partial charge in [-0.15, -0.1) is 0 Å². The smallest absolute Gasteiger partial charge is 0.236 e. The van der Waals surface area contributed by atoms with Gasteiger partial charge in [0.15, 0.2) is 0 Å². The third-order valence-electron chi connectivity index (χ3n) is 2.66. The van der Waals surface area contributed by atoms with Gasteiger partial charge in [-0.2, -0.15) is 0 Å². The molecule has 5 heteroatoms. The Balaban J connectivity index is 2.69. The minimum atomic E-state index is 0.0758. The van der Waals surface area contributed by atoms with E-state index in [-0.39, 0.29) is 5.91 Å². The lowest BCUT2D eigenvalue weighted by molar-refractivity contribution is -0.129. The number of amides is 1. The van der Waals surface area contributed by atoms with Crippen molar-refractivity contribution in [1.29, 1.82) is 0 Å². The number of nitrogens with zero attached hydrogens (tertiary/aromatic N) is 2. The quantitative estimate of drug-likeness (QED) is 0.786. The van der Waals surface area contributed by atoms with Gasteiger partial charge in [0.2, 0.25) is 5.91 Å². The van der Waals surface area contributed by atoms with Crippen molar-refractivity contribution in [3.05, 3.63) is 23.8 Å². The summed E-state index contributed by atoms with van der Waals surface area (Å²) in [6.07, 6.45) is 0. The number of hydrogen-bond donors (Lipinski definition) is 1. The molecule has 0 saturated carbocycles. The highest BCUT2D eigenvalue weighted by atomic mass is 16.5. The van der Waals surface area contributed by atoms with Crippen LogP contribution in [0.5, 0.6) is 5.75 Å². The van der Waals surface area contributed by atoms with Crippen LogP contribution >= 0.6 is 0 Å². The Morgan fingerprint density at radius 2 is 2.00 bits per heavy atom. The normalized spacial score (nSPS) is 10.5. The van der Waals surface area contributed by atoms with Crippen LogP contribution in [0.3, 0.4) is 0 Å². The van der Waals surface area contributed by atoms with E-state index in [1.807, 2.05) is 24.1 Å². The predicted molar refractivity (Wildman–Crippen MR) is 72.4 cm³/mol. The predicted octanol–water partition coefficient (Wildman–Crippen LogP) is 0.797. The van der Waals surface area contributed by atoms with Crippen molar-refractivity contribution < 1.29 is 9.53 Å². The molecule has 0 fully saturated rings. The molecule has 5 nitrogen and oxygen atoms in total. The fraction of sp³-hybridized carbons (Fsp3) is 0.462. The summed E-state index contributed by atoms with van der Waals surface area (Å²) in [4.78, 5) is 15.1. The number of nitrogen functional groups attached to an aromatic ring is 1. The first-order valence-corrected chi connectivity index (χ1v) is 5.75. The summed E-state index contributed by atoms with van der Waals surface area (Å²) in [6.45, 7) is 1.02. The number of likely N-dealkylation sites (N-methyl/N-ethyl adjacent to an activating group) is 2. The average Bonchev–Trinajstić information content (AvgIpc) is 2.31. The van der Waals surface area contributed by atoms with Crippen molar-refractivity contribution in [1.82, 2.24) is 9.80 Å². The van der Waals surface area contributed by atoms with E-state index in [9.17, 15) is 4.79 Å². The molecule has 0 aliphatic carbocycles. The average molecular weight is 251 g/mol. The lowest BCUT2D eigenvalue weighted by Gasteiger charge is -2.20. The number of methoxy groups -OCH3 is 1. The second-order valence-electron chi connectivity index (χ2n) is 4.53. The van der Waals surface area contributed by atoms with Crippen LogP contribution in [0.15, 0.2) is 18.2 Å². The summed E-state index contributed by atoms with van der Waals surface area (Å²) in [6, 6.07) is 5.54. The molecule has 1 rings (SSSR count). The van der Waals surface area contributed by atoms with E-state index in [2.05, 4.69) is 0 Å². The summed E-state index contributed by atoms with van der Waals surface area (Å²) >= 11 is 0. The number of ether oxygens (including phenoxy) is 1. The fourth-order valence-electron chi connectivity index (χ4n) is 1.61. The van der Waals surface area contributed by atoms with Gasteiger partial charge >= 0.3 is 0 Å². The number of anilines is 1. The minimum Gasteiger partial charge on any atom is -0.496 e. The second kappa shape index (κ2) is 6.26. The van der Waals surface area contributed by atoms with Crippen molar-refractivity contribution in [2.75, 3.05) is 40.5 Å². The fourth-order valence-corrected chi connectivity index (χ4v) is 1.61. The number of nitrogens with two attached hydrogens (primary N) is 1. The Labute approximate surface area is 108 Å². The zero-order chi connectivity index (χ0) is 13.7. The highest BCUT2D eigenvalue weighted by molar-refractivity contribution is 5.77. The van der Waals surface area contributed by atoms with Crippen LogP contribution in [-0.2, 0) is 11.3 Å². The zero-order valence-corrected chi connectivity index (χ0v) is 11.4. The van der Waals surface area contributed by atoms with Crippen LogP contribution in [0.25, 0.3) is 0 Å². The maximum atomic E-state index is 11.6. The Hall–Kier alpha value is -1.75. The van der Waals surface area contributed by atoms with Crippen molar-refractivity contribution in [2.45, 2.75) is 6.54 Å². The van der Waals surface area contributed by atoms with E-state index in [0.717, 1.165) is 11.3 Å². The van der Waals surface area contributed by atoms with Crippen LogP contribution in [0.4, 0.5) is 5.69 Å². The lowest BCUT2D eigenvalue weighted by Crippen LogP contribution is -2.34. The number of carbonyl (C=O) groups excluding carboxylic acids is 1. The van der Waals surface area contributed by atoms with E-state index >= 15 is 0 Å². The van der Waals surface area contributed by atoms with Crippen molar-refractivity contribution >= 4 is 11.6 Å². The molecule has 0 radical (unpaired) electrons. The van der Waals surface area contributed by atoms with Crippen LogP contribution in [0.2, 0.25) is 0 Å². The molecular weight excluding hydrogens is 230 g/mol. The molecule has 2 N–H and O–H groups in total. The second-order valence-corrected chi connectivity index (χ2v) is 4.53. The van der Waals surface area contributed by atoms with E-state index in [1.54, 1.807) is 32.2 Å². The number of benzene rings is 1. The van der Waals surface area contributed by atoms with Gasteiger partial charge in [0.25, 0.3) is 0 Å². The van der Waals surface area contributed by atoms with Crippen molar-refractivity contribution in [3.8, 4) is 5.75 Å². The molecule has 0 unspecified atom stereocenters. The molecule has 0 bridgehead atoms. The molecule has 1 aromatic carbocycles. The monoisotopic (exact) mass is 251 g/mol. The molecule has 100 valence electrons. The number of rotatable bonds is 5. The zero-order valence-electron chi connectivity index (χ0n) is 11.4. The van der Waals surface area contributed by atoms with Crippen LogP contribution < -0.4 is 10.5 Å². The summed E-state index contributed by atoms with van der Waals surface area (Å²) in [5.74, 6) is 0.825. The molecule has 0 atom stereocenters. The topological polar surface area (TPSA) is 58.8 Å². The number of carbonyl (C=O) groups is 1. The first-order valence-electron chi connectivity index (χ1n) is 5.75. The Bertz CT molecular complexity index is 419. The van der Waals surface area contributed by atoms with Crippen LogP contribution in [0, 0.1) is 0 Å². The van der Waals surface area contributed by atoms with Gasteiger partial charge in [0, 0.05) is 38.0 Å². The summed E-state index contributed by atoms with van der Waals surface area (Å²) in [7, 11) is 7.01. The molecule has 1 amide bonds. The molecule has 0 aliphatic heterocycles. The minimum absolute atomic E-state index is 0.0758.